The summed E-state index contributed by atoms with van der Waals surface area (Å²) in [6.07, 6.45) is 3.34. The van der Waals surface area contributed by atoms with Gasteiger partial charge in [0.2, 0.25) is 0 Å². The highest BCUT2D eigenvalue weighted by atomic mass is 14.5. The number of rotatable bonds is 1. The zero-order valence-electron chi connectivity index (χ0n) is 7.31. The first kappa shape index (κ1) is 11.8. The van der Waals surface area contributed by atoms with Crippen LogP contribution in [-0.4, -0.2) is 0 Å². The average molecular weight is 142 g/mol. The lowest BCUT2D eigenvalue weighted by Gasteiger charge is -1.89. The second kappa shape index (κ2) is 8.08. The maximum Gasteiger partial charge on any atom is 0.00520 e. The van der Waals surface area contributed by atoms with Crippen LogP contribution in [0, 0.1) is 0 Å². The zero-order valence-corrected chi connectivity index (χ0v) is 7.31. The van der Waals surface area contributed by atoms with Gasteiger partial charge in [0.05, 0.1) is 0 Å². The number of hydrogen-bond acceptors (Lipinski definition) is 2. The summed E-state index contributed by atoms with van der Waals surface area (Å²) in [5.41, 5.74) is 12.3. The molecule has 10 heavy (non-hydrogen) atoms. The van der Waals surface area contributed by atoms with Gasteiger partial charge in [0, 0.05) is 5.70 Å². The fourth-order valence-corrected chi connectivity index (χ4v) is 0.407. The molecule has 0 fully saturated rings. The molecular formula is C8H18N2. The summed E-state index contributed by atoms with van der Waals surface area (Å²) in [7, 11) is 0. The minimum atomic E-state index is 0.782. The predicted octanol–water partition coefficient (Wildman–Crippen LogP) is 1.74. The standard InChI is InChI=1S/C6H12N2.C2H6/c1-5(4-7)3-6(2)8;1-2/h3-4H,7-8H2,1-2H3;1-2H3/b5-4-,6-3-;. The summed E-state index contributed by atoms with van der Waals surface area (Å²) in [5, 5.41) is 0. The smallest absolute Gasteiger partial charge is 0.00520 e. The van der Waals surface area contributed by atoms with Crippen LogP contribution in [-0.2, 0) is 0 Å². The Balaban J connectivity index is 0. The Bertz CT molecular complexity index is 119. The first-order chi connectivity index (χ1) is 4.66. The molecule has 60 valence electrons. The van der Waals surface area contributed by atoms with Crippen molar-refractivity contribution in [3.8, 4) is 0 Å². The molecular weight excluding hydrogens is 124 g/mol. The number of allylic oxidation sites excluding steroid dienone is 3. The van der Waals surface area contributed by atoms with Crippen LogP contribution in [0.4, 0.5) is 0 Å². The zero-order chi connectivity index (χ0) is 8.57. The Hall–Kier alpha value is -0.920. The van der Waals surface area contributed by atoms with Crippen molar-refractivity contribution in [2.24, 2.45) is 11.5 Å². The second-order valence-corrected chi connectivity index (χ2v) is 1.80. The van der Waals surface area contributed by atoms with E-state index in [1.165, 1.54) is 6.20 Å². The maximum atomic E-state index is 5.33. The molecule has 4 N–H and O–H groups in total. The van der Waals surface area contributed by atoms with Gasteiger partial charge in [-0.15, -0.1) is 0 Å². The summed E-state index contributed by atoms with van der Waals surface area (Å²) < 4.78 is 0. The van der Waals surface area contributed by atoms with Gasteiger partial charge >= 0.3 is 0 Å². The van der Waals surface area contributed by atoms with Gasteiger partial charge in [0.25, 0.3) is 0 Å². The summed E-state index contributed by atoms with van der Waals surface area (Å²) in [6, 6.07) is 0. The van der Waals surface area contributed by atoms with Crippen LogP contribution in [0.25, 0.3) is 0 Å². The Morgan fingerprint density at radius 3 is 1.70 bits per heavy atom. The molecule has 0 heterocycles. The van der Waals surface area contributed by atoms with Crippen molar-refractivity contribution in [2.45, 2.75) is 27.7 Å². The van der Waals surface area contributed by atoms with Crippen LogP contribution in [0.3, 0.4) is 0 Å². The van der Waals surface area contributed by atoms with Gasteiger partial charge < -0.3 is 11.5 Å². The molecule has 0 aliphatic carbocycles. The molecule has 0 amide bonds. The van der Waals surface area contributed by atoms with Crippen LogP contribution in [0.1, 0.15) is 27.7 Å². The third kappa shape index (κ3) is 10.1. The molecule has 0 unspecified atom stereocenters. The van der Waals surface area contributed by atoms with Crippen molar-refractivity contribution in [1.29, 1.82) is 0 Å². The Kier molecular flexibility index (Phi) is 9.56. The minimum Gasteiger partial charge on any atom is -0.404 e. The summed E-state index contributed by atoms with van der Waals surface area (Å²) in [4.78, 5) is 0. The van der Waals surface area contributed by atoms with E-state index in [4.69, 9.17) is 11.5 Å². The molecule has 2 nitrogen and oxygen atoms in total. The molecule has 0 bridgehead atoms. The molecule has 0 aromatic rings. The highest BCUT2D eigenvalue weighted by Gasteiger charge is 1.78. The average Bonchev–Trinajstić information content (AvgIpc) is 1.91. The summed E-state index contributed by atoms with van der Waals surface area (Å²) in [5.74, 6) is 0. The Morgan fingerprint density at radius 1 is 1.20 bits per heavy atom. The number of nitrogens with two attached hydrogens (primary N) is 2. The third-order valence-corrected chi connectivity index (χ3v) is 0.718. The molecule has 0 saturated heterocycles. The van der Waals surface area contributed by atoms with E-state index < -0.39 is 0 Å². The topological polar surface area (TPSA) is 52.0 Å². The van der Waals surface area contributed by atoms with E-state index in [0.717, 1.165) is 11.3 Å². The van der Waals surface area contributed by atoms with Gasteiger partial charge in [-0.1, -0.05) is 13.8 Å². The quantitative estimate of drug-likeness (QED) is 0.548. The Morgan fingerprint density at radius 2 is 1.60 bits per heavy atom. The van der Waals surface area contributed by atoms with E-state index in [-0.39, 0.29) is 0 Å². The van der Waals surface area contributed by atoms with Crippen LogP contribution in [0.15, 0.2) is 23.5 Å². The van der Waals surface area contributed by atoms with Gasteiger partial charge in [-0.25, -0.2) is 0 Å². The van der Waals surface area contributed by atoms with Crippen molar-refractivity contribution in [3.63, 3.8) is 0 Å². The SMILES string of the molecule is C/C(N)=C/C(C)=C\N.CC. The largest absolute Gasteiger partial charge is 0.404 e. The normalized spacial score (nSPS) is 12.0. The fourth-order valence-electron chi connectivity index (χ4n) is 0.407. The first-order valence-electron chi connectivity index (χ1n) is 3.49. The van der Waals surface area contributed by atoms with Gasteiger partial charge in [0.15, 0.2) is 0 Å². The molecule has 0 radical (unpaired) electrons. The molecule has 0 atom stereocenters. The molecule has 0 aliphatic heterocycles. The van der Waals surface area contributed by atoms with Gasteiger partial charge in [0.1, 0.15) is 0 Å². The second-order valence-electron chi connectivity index (χ2n) is 1.80. The van der Waals surface area contributed by atoms with E-state index in [9.17, 15) is 0 Å². The van der Waals surface area contributed by atoms with Gasteiger partial charge in [-0.3, -0.25) is 0 Å². The third-order valence-electron chi connectivity index (χ3n) is 0.718. The summed E-state index contributed by atoms with van der Waals surface area (Å²) in [6.45, 7) is 7.73. The lowest BCUT2D eigenvalue weighted by Crippen LogP contribution is -1.91. The van der Waals surface area contributed by atoms with E-state index in [1.807, 2.05) is 33.8 Å². The van der Waals surface area contributed by atoms with Crippen molar-refractivity contribution >= 4 is 0 Å². The fraction of sp³-hybridized carbons (Fsp3) is 0.500. The Labute approximate surface area is 63.6 Å². The molecule has 0 aliphatic rings. The van der Waals surface area contributed by atoms with Crippen molar-refractivity contribution in [1.82, 2.24) is 0 Å². The highest BCUT2D eigenvalue weighted by molar-refractivity contribution is 5.17. The van der Waals surface area contributed by atoms with Crippen molar-refractivity contribution in [2.75, 3.05) is 0 Å². The summed E-state index contributed by atoms with van der Waals surface area (Å²) >= 11 is 0. The van der Waals surface area contributed by atoms with Crippen LogP contribution in [0.2, 0.25) is 0 Å². The van der Waals surface area contributed by atoms with Gasteiger partial charge in [-0.05, 0) is 31.7 Å². The molecule has 0 aromatic carbocycles. The van der Waals surface area contributed by atoms with Crippen LogP contribution in [0.5, 0.6) is 0 Å². The maximum absolute atomic E-state index is 5.33. The minimum absolute atomic E-state index is 0.782. The molecule has 0 saturated carbocycles. The number of hydrogen-bond donors (Lipinski definition) is 2. The predicted molar refractivity (Wildman–Crippen MR) is 47.2 cm³/mol. The van der Waals surface area contributed by atoms with Gasteiger partial charge in [-0.2, -0.15) is 0 Å². The first-order valence-corrected chi connectivity index (χ1v) is 3.49. The lowest BCUT2D eigenvalue weighted by atomic mass is 10.3. The molecule has 0 spiro atoms. The van der Waals surface area contributed by atoms with E-state index >= 15 is 0 Å². The van der Waals surface area contributed by atoms with Crippen LogP contribution < -0.4 is 11.5 Å². The molecule has 0 aromatic heterocycles. The van der Waals surface area contributed by atoms with Crippen molar-refractivity contribution in [3.05, 3.63) is 23.5 Å². The van der Waals surface area contributed by atoms with Crippen molar-refractivity contribution < 1.29 is 0 Å². The van der Waals surface area contributed by atoms with E-state index in [0.29, 0.717) is 0 Å². The van der Waals surface area contributed by atoms with E-state index in [1.54, 1.807) is 0 Å². The molecule has 0 rings (SSSR count). The van der Waals surface area contributed by atoms with Crippen LogP contribution >= 0.6 is 0 Å². The molecule has 2 heteroatoms. The monoisotopic (exact) mass is 142 g/mol. The highest BCUT2D eigenvalue weighted by Crippen LogP contribution is 1.92. The lowest BCUT2D eigenvalue weighted by molar-refractivity contribution is 1.28. The van der Waals surface area contributed by atoms with E-state index in [2.05, 4.69) is 0 Å².